The number of hydrogen-bond acceptors (Lipinski definition) is 1. The maximum atomic E-state index is 12.1. The number of ketones is 1. The summed E-state index contributed by atoms with van der Waals surface area (Å²) in [6.07, 6.45) is 3.77. The van der Waals surface area contributed by atoms with Gasteiger partial charge in [-0.05, 0) is 44.8 Å². The molecule has 100 valence electrons. The van der Waals surface area contributed by atoms with Crippen molar-refractivity contribution in [3.63, 3.8) is 0 Å². The first-order valence-corrected chi connectivity index (χ1v) is 7.08. The number of aryl methyl sites for hydroxylation is 1. The summed E-state index contributed by atoms with van der Waals surface area (Å²) in [5.41, 5.74) is 1.90. The summed E-state index contributed by atoms with van der Waals surface area (Å²) in [6.45, 7) is 2.34. The van der Waals surface area contributed by atoms with E-state index < -0.39 is 0 Å². The molecule has 1 aromatic carbocycles. The van der Waals surface area contributed by atoms with Gasteiger partial charge in [-0.3, -0.25) is 4.79 Å². The fourth-order valence-corrected chi connectivity index (χ4v) is 2.97. The summed E-state index contributed by atoms with van der Waals surface area (Å²) in [4.78, 5) is 12.1. The lowest BCUT2D eigenvalue weighted by molar-refractivity contribution is -0.684. The van der Waals surface area contributed by atoms with Crippen LogP contribution in [-0.4, -0.2) is 5.78 Å². The fourth-order valence-electron chi connectivity index (χ4n) is 1.65. The molecule has 0 saturated carbocycles. The molecule has 0 radical (unpaired) electrons. The molecule has 0 atom stereocenters. The van der Waals surface area contributed by atoms with Gasteiger partial charge in [-0.2, -0.15) is 4.57 Å². The molecule has 0 N–H and O–H groups in total. The Morgan fingerprint density at radius 3 is 2.16 bits per heavy atom. The average Bonchev–Trinajstić information content (AvgIpc) is 2.28. The SMILES string of the molecule is Cc1ccc(C(=O)C[n+]2cc(Br)cc(Br)c2)cc1.[Cl-]. The Balaban J connectivity index is 0.00000180. The lowest BCUT2D eigenvalue weighted by atomic mass is 10.1. The number of halogens is 3. The van der Waals surface area contributed by atoms with Crippen molar-refractivity contribution >= 4 is 37.6 Å². The number of rotatable bonds is 3. The van der Waals surface area contributed by atoms with Crippen LogP contribution in [0.4, 0.5) is 0 Å². The third kappa shape index (κ3) is 4.71. The van der Waals surface area contributed by atoms with Crippen molar-refractivity contribution in [2.45, 2.75) is 13.5 Å². The van der Waals surface area contributed by atoms with Gasteiger partial charge in [0.2, 0.25) is 12.3 Å². The minimum Gasteiger partial charge on any atom is -1.00 e. The van der Waals surface area contributed by atoms with E-state index in [4.69, 9.17) is 0 Å². The van der Waals surface area contributed by atoms with Gasteiger partial charge in [0, 0.05) is 5.56 Å². The largest absolute Gasteiger partial charge is 1.00 e. The van der Waals surface area contributed by atoms with E-state index >= 15 is 0 Å². The van der Waals surface area contributed by atoms with Crippen molar-refractivity contribution in [2.24, 2.45) is 0 Å². The number of pyridine rings is 1. The zero-order valence-corrected chi connectivity index (χ0v) is 14.2. The molecule has 0 unspecified atom stereocenters. The quantitative estimate of drug-likeness (QED) is 0.544. The number of nitrogens with zero attached hydrogens (tertiary/aromatic N) is 1. The van der Waals surface area contributed by atoms with Gasteiger partial charge < -0.3 is 12.4 Å². The van der Waals surface area contributed by atoms with E-state index in [0.717, 1.165) is 20.1 Å². The Morgan fingerprint density at radius 1 is 1.11 bits per heavy atom. The highest BCUT2D eigenvalue weighted by Gasteiger charge is 2.13. The molecular formula is C14H12Br2ClNO. The maximum absolute atomic E-state index is 12.1. The molecular weight excluding hydrogens is 393 g/mol. The van der Waals surface area contributed by atoms with Crippen LogP contribution in [0.3, 0.4) is 0 Å². The van der Waals surface area contributed by atoms with Gasteiger partial charge in [0.05, 0.1) is 8.95 Å². The van der Waals surface area contributed by atoms with Gasteiger partial charge in [0.15, 0.2) is 12.4 Å². The second kappa shape index (κ2) is 7.17. The monoisotopic (exact) mass is 403 g/mol. The summed E-state index contributed by atoms with van der Waals surface area (Å²) in [6, 6.07) is 9.58. The third-order valence-electron chi connectivity index (χ3n) is 2.55. The summed E-state index contributed by atoms with van der Waals surface area (Å²) < 4.78 is 3.73. The minimum absolute atomic E-state index is 0. The Labute approximate surface area is 135 Å². The lowest BCUT2D eigenvalue weighted by Gasteiger charge is -2.00. The van der Waals surface area contributed by atoms with Crippen LogP contribution in [0, 0.1) is 6.92 Å². The first-order valence-electron chi connectivity index (χ1n) is 5.49. The second-order valence-corrected chi connectivity index (χ2v) is 5.97. The van der Waals surface area contributed by atoms with Gasteiger partial charge >= 0.3 is 0 Å². The molecule has 1 heterocycles. The van der Waals surface area contributed by atoms with E-state index in [1.165, 1.54) is 0 Å². The number of carbonyl (C=O) groups is 1. The third-order valence-corrected chi connectivity index (χ3v) is 3.42. The fraction of sp³-hybridized carbons (Fsp3) is 0.143. The number of aromatic nitrogens is 1. The average molecular weight is 406 g/mol. The zero-order chi connectivity index (χ0) is 13.1. The van der Waals surface area contributed by atoms with Crippen LogP contribution < -0.4 is 17.0 Å². The van der Waals surface area contributed by atoms with Crippen molar-refractivity contribution in [1.82, 2.24) is 0 Å². The van der Waals surface area contributed by atoms with Crippen LogP contribution in [0.15, 0.2) is 51.7 Å². The molecule has 2 nitrogen and oxygen atoms in total. The molecule has 0 saturated heterocycles. The standard InChI is InChI=1S/C14H12Br2NO.ClH/c1-10-2-4-11(5-3-10)14(18)9-17-7-12(15)6-13(16)8-17;/h2-8H,9H2,1H3;1H/q+1;/p-1. The second-order valence-electron chi connectivity index (χ2n) is 4.13. The topological polar surface area (TPSA) is 20.9 Å². The Hall–Kier alpha value is -0.710. The van der Waals surface area contributed by atoms with Gasteiger partial charge in [-0.1, -0.05) is 29.8 Å². The number of hydrogen-bond donors (Lipinski definition) is 0. The van der Waals surface area contributed by atoms with E-state index in [1.54, 1.807) is 0 Å². The van der Waals surface area contributed by atoms with Crippen LogP contribution in [0.2, 0.25) is 0 Å². The van der Waals surface area contributed by atoms with E-state index in [0.29, 0.717) is 6.54 Å². The first-order chi connectivity index (χ1) is 8.54. The highest BCUT2D eigenvalue weighted by atomic mass is 79.9. The number of carbonyl (C=O) groups excluding carboxylic acids is 1. The maximum Gasteiger partial charge on any atom is 0.227 e. The van der Waals surface area contributed by atoms with Crippen molar-refractivity contribution < 1.29 is 21.8 Å². The highest BCUT2D eigenvalue weighted by molar-refractivity contribution is 9.11. The molecule has 1 aromatic heterocycles. The van der Waals surface area contributed by atoms with Crippen LogP contribution >= 0.6 is 31.9 Å². The van der Waals surface area contributed by atoms with Crippen molar-refractivity contribution in [3.05, 3.63) is 62.8 Å². The Kier molecular flexibility index (Phi) is 6.17. The molecule has 0 amide bonds. The van der Waals surface area contributed by atoms with Crippen molar-refractivity contribution in [3.8, 4) is 0 Å². The van der Waals surface area contributed by atoms with Crippen LogP contribution in [0.5, 0.6) is 0 Å². The Morgan fingerprint density at radius 2 is 1.63 bits per heavy atom. The van der Waals surface area contributed by atoms with Crippen molar-refractivity contribution in [2.75, 3.05) is 0 Å². The molecule has 0 aliphatic carbocycles. The summed E-state index contributed by atoms with van der Waals surface area (Å²) in [5, 5.41) is 0. The van der Waals surface area contributed by atoms with E-state index in [9.17, 15) is 4.79 Å². The molecule has 0 bridgehead atoms. The summed E-state index contributed by atoms with van der Waals surface area (Å²) >= 11 is 6.81. The molecule has 0 spiro atoms. The summed E-state index contributed by atoms with van der Waals surface area (Å²) in [7, 11) is 0. The van der Waals surface area contributed by atoms with Crippen LogP contribution in [0.25, 0.3) is 0 Å². The molecule has 2 rings (SSSR count). The lowest BCUT2D eigenvalue weighted by Crippen LogP contribution is -3.00. The zero-order valence-electron chi connectivity index (χ0n) is 10.2. The summed E-state index contributed by atoms with van der Waals surface area (Å²) in [5.74, 6) is 0.102. The van der Waals surface area contributed by atoms with E-state index in [2.05, 4.69) is 31.9 Å². The van der Waals surface area contributed by atoms with Gasteiger partial charge in [0.25, 0.3) is 0 Å². The molecule has 0 aliphatic rings. The smallest absolute Gasteiger partial charge is 0.227 e. The van der Waals surface area contributed by atoms with E-state index in [-0.39, 0.29) is 18.2 Å². The Bertz CT molecular complexity index is 564. The highest BCUT2D eigenvalue weighted by Crippen LogP contribution is 2.13. The van der Waals surface area contributed by atoms with Crippen LogP contribution in [-0.2, 0) is 6.54 Å². The molecule has 0 aliphatic heterocycles. The predicted octanol–water partition coefficient (Wildman–Crippen LogP) is 0.694. The normalized spacial score (nSPS) is 9.84. The molecule has 0 fully saturated rings. The molecule has 2 aromatic rings. The number of benzene rings is 1. The van der Waals surface area contributed by atoms with Gasteiger partial charge in [0.1, 0.15) is 0 Å². The molecule has 19 heavy (non-hydrogen) atoms. The van der Waals surface area contributed by atoms with Gasteiger partial charge in [-0.25, -0.2) is 0 Å². The minimum atomic E-state index is 0. The van der Waals surface area contributed by atoms with Crippen LogP contribution in [0.1, 0.15) is 15.9 Å². The van der Waals surface area contributed by atoms with Crippen molar-refractivity contribution in [1.29, 1.82) is 0 Å². The van der Waals surface area contributed by atoms with Gasteiger partial charge in [-0.15, -0.1) is 0 Å². The molecule has 5 heteroatoms. The predicted molar refractivity (Wildman–Crippen MR) is 77.5 cm³/mol. The van der Waals surface area contributed by atoms with E-state index in [1.807, 2.05) is 54.2 Å². The first kappa shape index (κ1) is 16.3. The number of Topliss-reactive ketones (excluding diaryl/α,β-unsaturated/α-hetero) is 1.